The van der Waals surface area contributed by atoms with Crippen molar-refractivity contribution in [3.63, 3.8) is 0 Å². The number of aryl methyl sites for hydroxylation is 1. The van der Waals surface area contributed by atoms with Gasteiger partial charge in [0, 0.05) is 12.4 Å². The van der Waals surface area contributed by atoms with Crippen LogP contribution in [0.15, 0.2) is 18.6 Å². The molecule has 0 aliphatic carbocycles. The average molecular weight is 210 g/mol. The molecule has 7 heteroatoms. The van der Waals surface area contributed by atoms with E-state index in [9.17, 15) is 10.1 Å². The first-order valence-corrected chi connectivity index (χ1v) is 4.60. The molecule has 0 aliphatic rings. The molecule has 0 fully saturated rings. The molecule has 0 bridgehead atoms. The van der Waals surface area contributed by atoms with Crippen molar-refractivity contribution in [2.24, 2.45) is 0 Å². The monoisotopic (exact) mass is 210 g/mol. The van der Waals surface area contributed by atoms with Crippen LogP contribution >= 0.6 is 11.3 Å². The molecule has 2 heterocycles. The first-order chi connectivity index (χ1) is 6.68. The minimum Gasteiger partial charge on any atom is -0.279 e. The number of nitro groups is 1. The van der Waals surface area contributed by atoms with Crippen molar-refractivity contribution in [3.05, 3.63) is 34.5 Å². The summed E-state index contributed by atoms with van der Waals surface area (Å²) in [6.45, 7) is 1.81. The molecule has 2 aromatic heterocycles. The van der Waals surface area contributed by atoms with E-state index in [4.69, 9.17) is 0 Å². The largest absolute Gasteiger partial charge is 0.345 e. The van der Waals surface area contributed by atoms with Gasteiger partial charge < -0.3 is 0 Å². The fourth-order valence-corrected chi connectivity index (χ4v) is 1.80. The van der Waals surface area contributed by atoms with E-state index < -0.39 is 4.92 Å². The molecule has 72 valence electrons. The topological polar surface area (TPSA) is 73.8 Å². The summed E-state index contributed by atoms with van der Waals surface area (Å²) < 4.78 is 1.71. The molecule has 0 amide bonds. The third-order valence-corrected chi connectivity index (χ3v) is 2.64. The minimum absolute atomic E-state index is 0.0353. The van der Waals surface area contributed by atoms with Gasteiger partial charge in [0.25, 0.3) is 0 Å². The summed E-state index contributed by atoms with van der Waals surface area (Å²) in [6, 6.07) is 0. The predicted octanol–water partition coefficient (Wildman–Crippen LogP) is 1.55. The van der Waals surface area contributed by atoms with Gasteiger partial charge in [0.15, 0.2) is 0 Å². The second-order valence-corrected chi connectivity index (χ2v) is 3.57. The fourth-order valence-electron chi connectivity index (χ4n) is 1.03. The molecule has 2 aromatic rings. The van der Waals surface area contributed by atoms with Gasteiger partial charge in [0.2, 0.25) is 5.13 Å². The molecule has 0 radical (unpaired) electrons. The lowest BCUT2D eigenvalue weighted by Crippen LogP contribution is -1.93. The van der Waals surface area contributed by atoms with Crippen molar-refractivity contribution in [2.75, 3.05) is 0 Å². The molecule has 0 aromatic carbocycles. The summed E-state index contributed by atoms with van der Waals surface area (Å²) in [4.78, 5) is 17.9. The number of hydrogen-bond donors (Lipinski definition) is 0. The molecule has 0 spiro atoms. The number of thiazole rings is 1. The Labute approximate surface area is 83.0 Å². The lowest BCUT2D eigenvalue weighted by Gasteiger charge is -1.96. The van der Waals surface area contributed by atoms with Gasteiger partial charge in [-0.3, -0.25) is 14.7 Å². The van der Waals surface area contributed by atoms with Crippen LogP contribution in [0.1, 0.15) is 5.82 Å². The van der Waals surface area contributed by atoms with Crippen molar-refractivity contribution in [1.29, 1.82) is 0 Å². The lowest BCUT2D eigenvalue weighted by molar-refractivity contribution is -0.380. The first kappa shape index (κ1) is 8.82. The molecule has 0 atom stereocenters. The zero-order valence-electron chi connectivity index (χ0n) is 7.25. The Kier molecular flexibility index (Phi) is 2.01. The number of aromatic nitrogens is 3. The Bertz CT molecular complexity index is 475. The number of imidazole rings is 1. The maximum atomic E-state index is 10.4. The van der Waals surface area contributed by atoms with Gasteiger partial charge >= 0.3 is 5.00 Å². The van der Waals surface area contributed by atoms with E-state index in [1.165, 1.54) is 6.20 Å². The Hall–Kier alpha value is -1.76. The summed E-state index contributed by atoms with van der Waals surface area (Å²) in [5.74, 6) is 0.759. The van der Waals surface area contributed by atoms with Crippen molar-refractivity contribution in [2.45, 2.75) is 6.92 Å². The Morgan fingerprint density at radius 3 is 2.86 bits per heavy atom. The van der Waals surface area contributed by atoms with Crippen LogP contribution in [0.5, 0.6) is 0 Å². The van der Waals surface area contributed by atoms with Crippen molar-refractivity contribution >= 4 is 16.3 Å². The van der Waals surface area contributed by atoms with E-state index in [0.717, 1.165) is 17.2 Å². The zero-order chi connectivity index (χ0) is 10.1. The van der Waals surface area contributed by atoms with E-state index in [1.54, 1.807) is 17.0 Å². The Morgan fingerprint density at radius 1 is 1.57 bits per heavy atom. The number of hydrogen-bond acceptors (Lipinski definition) is 5. The summed E-state index contributed by atoms with van der Waals surface area (Å²) in [7, 11) is 0. The maximum Gasteiger partial charge on any atom is 0.345 e. The average Bonchev–Trinajstić information content (AvgIpc) is 2.71. The van der Waals surface area contributed by atoms with Crippen LogP contribution < -0.4 is 0 Å². The summed E-state index contributed by atoms with van der Waals surface area (Å²) in [6.07, 6.45) is 4.60. The van der Waals surface area contributed by atoms with E-state index in [1.807, 2.05) is 6.92 Å². The van der Waals surface area contributed by atoms with Gasteiger partial charge in [-0.15, -0.1) is 0 Å². The molecule has 0 N–H and O–H groups in total. The van der Waals surface area contributed by atoms with Gasteiger partial charge in [0.05, 0.1) is 4.92 Å². The van der Waals surface area contributed by atoms with Crippen LogP contribution in [0.4, 0.5) is 5.00 Å². The van der Waals surface area contributed by atoms with Gasteiger partial charge in [-0.25, -0.2) is 9.97 Å². The van der Waals surface area contributed by atoms with E-state index in [-0.39, 0.29) is 5.00 Å². The molecule has 0 saturated heterocycles. The maximum absolute atomic E-state index is 10.4. The fraction of sp³-hybridized carbons (Fsp3) is 0.143. The second kappa shape index (κ2) is 3.18. The van der Waals surface area contributed by atoms with Crippen LogP contribution in [0.25, 0.3) is 5.13 Å². The highest BCUT2D eigenvalue weighted by Gasteiger charge is 2.13. The van der Waals surface area contributed by atoms with E-state index in [2.05, 4.69) is 9.97 Å². The second-order valence-electron chi connectivity index (χ2n) is 2.58. The molecule has 14 heavy (non-hydrogen) atoms. The standard InChI is InChI=1S/C7H6N4O2S/c1-5-8-2-3-10(5)7-9-4-6(14-7)11(12)13/h2-4H,1H3. The molecule has 0 saturated carbocycles. The van der Waals surface area contributed by atoms with Crippen LogP contribution in [0, 0.1) is 17.0 Å². The van der Waals surface area contributed by atoms with Gasteiger partial charge in [-0.2, -0.15) is 0 Å². The molecule has 0 aliphatic heterocycles. The van der Waals surface area contributed by atoms with Gasteiger partial charge in [-0.1, -0.05) is 0 Å². The van der Waals surface area contributed by atoms with Gasteiger partial charge in [-0.05, 0) is 18.3 Å². The Morgan fingerprint density at radius 2 is 2.36 bits per heavy atom. The first-order valence-electron chi connectivity index (χ1n) is 3.79. The summed E-state index contributed by atoms with van der Waals surface area (Å²) >= 11 is 1.03. The smallest absolute Gasteiger partial charge is 0.279 e. The van der Waals surface area contributed by atoms with Crippen molar-refractivity contribution in [1.82, 2.24) is 14.5 Å². The third-order valence-electron chi connectivity index (χ3n) is 1.69. The number of rotatable bonds is 2. The van der Waals surface area contributed by atoms with E-state index >= 15 is 0 Å². The molecular formula is C7H6N4O2S. The SMILES string of the molecule is Cc1nccn1-c1ncc([N+](=O)[O-])s1. The zero-order valence-corrected chi connectivity index (χ0v) is 8.06. The normalized spacial score (nSPS) is 10.4. The minimum atomic E-state index is -0.451. The van der Waals surface area contributed by atoms with Crippen molar-refractivity contribution < 1.29 is 4.92 Å². The quantitative estimate of drug-likeness (QED) is 0.556. The highest BCUT2D eigenvalue weighted by atomic mass is 32.1. The Balaban J connectivity index is 2.43. The highest BCUT2D eigenvalue weighted by Crippen LogP contribution is 2.24. The third kappa shape index (κ3) is 1.37. The van der Waals surface area contributed by atoms with Crippen LogP contribution in [0.2, 0.25) is 0 Å². The summed E-state index contributed by atoms with van der Waals surface area (Å²) in [5, 5.41) is 11.0. The molecule has 6 nitrogen and oxygen atoms in total. The predicted molar refractivity (Wildman–Crippen MR) is 50.6 cm³/mol. The lowest BCUT2D eigenvalue weighted by atomic mass is 10.7. The van der Waals surface area contributed by atoms with Crippen LogP contribution in [-0.4, -0.2) is 19.5 Å². The van der Waals surface area contributed by atoms with Crippen LogP contribution in [-0.2, 0) is 0 Å². The molecular weight excluding hydrogens is 204 g/mol. The van der Waals surface area contributed by atoms with Gasteiger partial charge in [0.1, 0.15) is 12.0 Å². The van der Waals surface area contributed by atoms with Crippen LogP contribution in [0.3, 0.4) is 0 Å². The molecule has 0 unspecified atom stereocenters. The molecule has 2 rings (SSSR count). The number of nitrogens with zero attached hydrogens (tertiary/aromatic N) is 4. The van der Waals surface area contributed by atoms with Crippen molar-refractivity contribution in [3.8, 4) is 5.13 Å². The van der Waals surface area contributed by atoms with E-state index in [0.29, 0.717) is 5.13 Å². The highest BCUT2D eigenvalue weighted by molar-refractivity contribution is 7.17. The summed E-state index contributed by atoms with van der Waals surface area (Å²) in [5.41, 5.74) is 0.